The quantitative estimate of drug-likeness (QED) is 0.279. The van der Waals surface area contributed by atoms with Gasteiger partial charge >= 0.3 is 0 Å². The van der Waals surface area contributed by atoms with Crippen molar-refractivity contribution >= 4 is 61.9 Å². The fourth-order valence-electron chi connectivity index (χ4n) is 2.98. The van der Waals surface area contributed by atoms with Crippen LogP contribution in [-0.4, -0.2) is 30.0 Å². The molecule has 1 heterocycles. The summed E-state index contributed by atoms with van der Waals surface area (Å²) < 4.78 is 18.3. The second-order valence-electron chi connectivity index (χ2n) is 6.56. The van der Waals surface area contributed by atoms with Gasteiger partial charge in [-0.05, 0) is 84.2 Å². The molecule has 5 nitrogen and oxygen atoms in total. The van der Waals surface area contributed by atoms with Crippen molar-refractivity contribution in [3.05, 3.63) is 51.3 Å². The van der Waals surface area contributed by atoms with E-state index in [0.717, 1.165) is 22.2 Å². The minimum atomic E-state index is -0.153. The van der Waals surface area contributed by atoms with E-state index in [9.17, 15) is 4.79 Å². The summed E-state index contributed by atoms with van der Waals surface area (Å²) in [4.78, 5) is 15.2. The first kappa shape index (κ1) is 23.6. The van der Waals surface area contributed by atoms with Gasteiger partial charge in [0.2, 0.25) is 0 Å². The molecule has 0 unspecified atom stereocenters. The molecule has 0 bridgehead atoms. The van der Waals surface area contributed by atoms with E-state index in [2.05, 4.69) is 22.9 Å². The summed E-state index contributed by atoms with van der Waals surface area (Å²) in [6, 6.07) is 11.1. The lowest BCUT2D eigenvalue weighted by molar-refractivity contribution is -0.113. The van der Waals surface area contributed by atoms with Gasteiger partial charge in [-0.3, -0.25) is 9.69 Å². The maximum absolute atomic E-state index is 13.1. The number of hydrogen-bond donors (Lipinski definition) is 0. The molecule has 1 amide bonds. The molecule has 0 aliphatic carbocycles. The fourth-order valence-corrected chi connectivity index (χ4v) is 4.85. The SMILES string of the molecule is CCCOc1c(Br)cc(C=C2SC(=S)N(c3ccc(OCC)cc3)C2=O)cc1OCC. The lowest BCUT2D eigenvalue weighted by Crippen LogP contribution is -2.27. The van der Waals surface area contributed by atoms with Crippen molar-refractivity contribution in [1.82, 2.24) is 0 Å². The summed E-state index contributed by atoms with van der Waals surface area (Å²) in [7, 11) is 0. The Hall–Kier alpha value is -2.03. The molecule has 164 valence electrons. The molecular weight excluding hydrogens is 498 g/mol. The summed E-state index contributed by atoms with van der Waals surface area (Å²) in [5.41, 5.74) is 1.54. The zero-order chi connectivity index (χ0) is 22.4. The van der Waals surface area contributed by atoms with Crippen molar-refractivity contribution in [2.75, 3.05) is 24.7 Å². The molecule has 1 saturated heterocycles. The first-order chi connectivity index (χ1) is 15.0. The van der Waals surface area contributed by atoms with Crippen molar-refractivity contribution in [3.8, 4) is 17.2 Å². The summed E-state index contributed by atoms with van der Waals surface area (Å²) >= 11 is 10.3. The molecule has 1 fully saturated rings. The van der Waals surface area contributed by atoms with Gasteiger partial charge in [0.05, 0.1) is 34.9 Å². The Bertz CT molecular complexity index is 992. The van der Waals surface area contributed by atoms with E-state index in [0.29, 0.717) is 46.2 Å². The van der Waals surface area contributed by atoms with Crippen molar-refractivity contribution in [2.45, 2.75) is 27.2 Å². The first-order valence-electron chi connectivity index (χ1n) is 10.1. The number of thiocarbonyl (C=S) groups is 1. The van der Waals surface area contributed by atoms with Crippen molar-refractivity contribution < 1.29 is 19.0 Å². The average Bonchev–Trinajstić information content (AvgIpc) is 3.01. The molecule has 1 aliphatic rings. The lowest BCUT2D eigenvalue weighted by atomic mass is 10.1. The largest absolute Gasteiger partial charge is 0.494 e. The van der Waals surface area contributed by atoms with Gasteiger partial charge in [-0.15, -0.1) is 0 Å². The van der Waals surface area contributed by atoms with Crippen LogP contribution in [0.3, 0.4) is 0 Å². The highest BCUT2D eigenvalue weighted by Crippen LogP contribution is 2.40. The molecule has 31 heavy (non-hydrogen) atoms. The van der Waals surface area contributed by atoms with E-state index in [-0.39, 0.29) is 5.91 Å². The Morgan fingerprint density at radius 2 is 1.77 bits per heavy atom. The van der Waals surface area contributed by atoms with Crippen LogP contribution >= 0.6 is 39.9 Å². The van der Waals surface area contributed by atoms with Crippen LogP contribution in [0.15, 0.2) is 45.8 Å². The standard InChI is InChI=1S/C23H24BrNO4S2/c1-4-11-29-21-18(24)12-15(13-19(21)28-6-3)14-20-22(26)25(23(30)31-20)16-7-9-17(10-8-16)27-5-2/h7-10,12-14H,4-6,11H2,1-3H3. The average molecular weight is 522 g/mol. The van der Waals surface area contributed by atoms with Crippen LogP contribution in [0.1, 0.15) is 32.8 Å². The predicted molar refractivity (Wildman–Crippen MR) is 134 cm³/mol. The number of carbonyl (C=O) groups excluding carboxylic acids is 1. The smallest absolute Gasteiger partial charge is 0.270 e. The number of benzene rings is 2. The molecular formula is C23H24BrNO4S2. The van der Waals surface area contributed by atoms with Gasteiger partial charge < -0.3 is 14.2 Å². The van der Waals surface area contributed by atoms with Crippen LogP contribution in [0.4, 0.5) is 5.69 Å². The van der Waals surface area contributed by atoms with Crippen LogP contribution in [0.2, 0.25) is 0 Å². The molecule has 0 spiro atoms. The summed E-state index contributed by atoms with van der Waals surface area (Å²) in [6.07, 6.45) is 2.72. The minimum absolute atomic E-state index is 0.153. The van der Waals surface area contributed by atoms with Gasteiger partial charge in [0.25, 0.3) is 5.91 Å². The number of thioether (sulfide) groups is 1. The van der Waals surface area contributed by atoms with Crippen molar-refractivity contribution in [3.63, 3.8) is 0 Å². The van der Waals surface area contributed by atoms with Gasteiger partial charge in [-0.1, -0.05) is 30.9 Å². The molecule has 2 aromatic carbocycles. The molecule has 0 radical (unpaired) electrons. The highest BCUT2D eigenvalue weighted by Gasteiger charge is 2.33. The predicted octanol–water partition coefficient (Wildman–Crippen LogP) is 6.44. The number of hydrogen-bond acceptors (Lipinski definition) is 6. The van der Waals surface area contributed by atoms with Gasteiger partial charge in [-0.2, -0.15) is 0 Å². The van der Waals surface area contributed by atoms with E-state index >= 15 is 0 Å². The minimum Gasteiger partial charge on any atom is -0.494 e. The van der Waals surface area contributed by atoms with Crippen LogP contribution in [0.5, 0.6) is 17.2 Å². The number of ether oxygens (including phenoxy) is 3. The summed E-state index contributed by atoms with van der Waals surface area (Å²) in [5.74, 6) is 1.91. The van der Waals surface area contributed by atoms with Crippen molar-refractivity contribution in [2.24, 2.45) is 0 Å². The van der Waals surface area contributed by atoms with Crippen LogP contribution in [-0.2, 0) is 4.79 Å². The highest BCUT2D eigenvalue weighted by molar-refractivity contribution is 9.10. The lowest BCUT2D eigenvalue weighted by Gasteiger charge is -2.15. The molecule has 3 rings (SSSR count). The second kappa shape index (κ2) is 11.0. The van der Waals surface area contributed by atoms with E-state index in [4.69, 9.17) is 26.4 Å². The van der Waals surface area contributed by atoms with E-state index in [1.54, 1.807) is 4.90 Å². The van der Waals surface area contributed by atoms with E-state index in [1.807, 2.05) is 56.3 Å². The normalized spacial score (nSPS) is 15.0. The maximum atomic E-state index is 13.1. The molecule has 0 atom stereocenters. The highest BCUT2D eigenvalue weighted by atomic mass is 79.9. The maximum Gasteiger partial charge on any atom is 0.270 e. The van der Waals surface area contributed by atoms with E-state index < -0.39 is 0 Å². The third-order valence-electron chi connectivity index (χ3n) is 4.28. The molecule has 0 N–H and O–H groups in total. The Balaban J connectivity index is 1.88. The summed E-state index contributed by atoms with van der Waals surface area (Å²) in [6.45, 7) is 7.60. The van der Waals surface area contributed by atoms with Crippen molar-refractivity contribution in [1.29, 1.82) is 0 Å². The zero-order valence-corrected chi connectivity index (χ0v) is 20.9. The third kappa shape index (κ3) is 5.61. The van der Waals surface area contributed by atoms with Gasteiger partial charge in [0.1, 0.15) is 5.75 Å². The van der Waals surface area contributed by atoms with Crippen LogP contribution < -0.4 is 19.1 Å². The number of anilines is 1. The van der Waals surface area contributed by atoms with E-state index in [1.165, 1.54) is 11.8 Å². The molecule has 0 saturated carbocycles. The molecule has 1 aliphatic heterocycles. The first-order valence-corrected chi connectivity index (χ1v) is 12.1. The zero-order valence-electron chi connectivity index (χ0n) is 17.6. The van der Waals surface area contributed by atoms with Crippen LogP contribution in [0, 0.1) is 0 Å². The van der Waals surface area contributed by atoms with Crippen LogP contribution in [0.25, 0.3) is 6.08 Å². The molecule has 0 aromatic heterocycles. The molecule has 8 heteroatoms. The number of rotatable bonds is 9. The van der Waals surface area contributed by atoms with Gasteiger partial charge in [0.15, 0.2) is 15.8 Å². The number of halogens is 1. The van der Waals surface area contributed by atoms with Gasteiger partial charge in [0, 0.05) is 0 Å². The third-order valence-corrected chi connectivity index (χ3v) is 6.17. The number of nitrogens with zero attached hydrogens (tertiary/aromatic N) is 1. The Labute approximate surface area is 200 Å². The van der Waals surface area contributed by atoms with Gasteiger partial charge in [-0.25, -0.2) is 0 Å². The Kier molecular flexibility index (Phi) is 8.40. The monoisotopic (exact) mass is 521 g/mol. The Morgan fingerprint density at radius 3 is 2.42 bits per heavy atom. The Morgan fingerprint density at radius 1 is 1.06 bits per heavy atom. The fraction of sp³-hybridized carbons (Fsp3) is 0.304. The molecule has 2 aromatic rings. The number of carbonyl (C=O) groups is 1. The topological polar surface area (TPSA) is 48.0 Å². The number of amides is 1. The second-order valence-corrected chi connectivity index (χ2v) is 9.09. The summed E-state index contributed by atoms with van der Waals surface area (Å²) in [5, 5.41) is 0.